The van der Waals surface area contributed by atoms with Crippen LogP contribution in [-0.2, 0) is 22.4 Å². The number of non-ortho nitro benzene ring substituents is 1. The first-order valence-electron chi connectivity index (χ1n) is 10.7. The molecule has 0 radical (unpaired) electrons. The van der Waals surface area contributed by atoms with Crippen LogP contribution in [0.15, 0.2) is 24.3 Å². The van der Waals surface area contributed by atoms with Crippen LogP contribution in [0, 0.1) is 10.1 Å². The van der Waals surface area contributed by atoms with Crippen LogP contribution >= 0.6 is 11.3 Å². The molecule has 2 aliphatic rings. The average molecular weight is 460 g/mol. The first-order chi connectivity index (χ1) is 15.5. The lowest BCUT2D eigenvalue weighted by Crippen LogP contribution is -2.33. The number of aryl methyl sites for hydroxylation is 1. The number of amides is 2. The van der Waals surface area contributed by atoms with Crippen molar-refractivity contribution in [3.63, 3.8) is 0 Å². The zero-order valence-corrected chi connectivity index (χ0v) is 18.4. The van der Waals surface area contributed by atoms with Crippen molar-refractivity contribution >= 4 is 33.8 Å². The summed E-state index contributed by atoms with van der Waals surface area (Å²) >= 11 is 1.45. The van der Waals surface area contributed by atoms with Crippen molar-refractivity contribution in [1.29, 1.82) is 0 Å². The molecule has 2 heterocycles. The van der Waals surface area contributed by atoms with E-state index in [9.17, 15) is 19.7 Å². The number of nitro groups is 1. The summed E-state index contributed by atoms with van der Waals surface area (Å²) < 4.78 is 11.0. The number of hydrogen-bond donors (Lipinski definition) is 2. The Morgan fingerprint density at radius 2 is 1.97 bits per heavy atom. The molecule has 1 aliphatic carbocycles. The van der Waals surface area contributed by atoms with Gasteiger partial charge in [-0.2, -0.15) is 0 Å². The first-order valence-corrected chi connectivity index (χ1v) is 11.5. The molecule has 1 aliphatic heterocycles. The predicted octanol–water partition coefficient (Wildman–Crippen LogP) is 3.46. The summed E-state index contributed by atoms with van der Waals surface area (Å²) in [7, 11) is 0. The van der Waals surface area contributed by atoms with Crippen molar-refractivity contribution in [3.05, 3.63) is 50.4 Å². The fraction of sp³-hybridized carbons (Fsp3) is 0.455. The normalized spacial score (nSPS) is 17.4. The Morgan fingerprint density at radius 1 is 1.19 bits per heavy atom. The highest BCUT2D eigenvalue weighted by Crippen LogP contribution is 2.38. The monoisotopic (exact) mass is 459 g/mol. The van der Waals surface area contributed by atoms with Crippen LogP contribution in [0.3, 0.4) is 0 Å². The zero-order chi connectivity index (χ0) is 22.5. The minimum Gasteiger partial charge on any atom is -0.484 e. The van der Waals surface area contributed by atoms with Crippen molar-refractivity contribution in [2.75, 3.05) is 25.1 Å². The number of thiophene rings is 1. The number of benzene rings is 1. The molecule has 0 bridgehead atoms. The van der Waals surface area contributed by atoms with Gasteiger partial charge in [0, 0.05) is 30.2 Å². The standard InChI is InChI=1S/C22H25N3O6S/c26-19(13-31-15-9-7-14(8-10-15)25(28)29)24-22-20(17-5-1-2-6-18(17)32-22)21(27)23-12-16-4-3-11-30-16/h7-10,16H,1-6,11-13H2,(H,23,27)(H,24,26). The first kappa shape index (κ1) is 22.2. The van der Waals surface area contributed by atoms with Crippen LogP contribution in [0.4, 0.5) is 10.7 Å². The van der Waals surface area contributed by atoms with E-state index in [1.54, 1.807) is 0 Å². The van der Waals surface area contributed by atoms with Crippen LogP contribution in [0.5, 0.6) is 5.75 Å². The molecule has 2 N–H and O–H groups in total. The summed E-state index contributed by atoms with van der Waals surface area (Å²) in [5, 5.41) is 17.1. The zero-order valence-electron chi connectivity index (χ0n) is 17.6. The highest BCUT2D eigenvalue weighted by molar-refractivity contribution is 7.17. The van der Waals surface area contributed by atoms with E-state index in [1.807, 2.05) is 0 Å². The number of nitro benzene ring substituents is 1. The van der Waals surface area contributed by atoms with Gasteiger partial charge in [0.25, 0.3) is 17.5 Å². The summed E-state index contributed by atoms with van der Waals surface area (Å²) in [6, 6.07) is 5.52. The van der Waals surface area contributed by atoms with E-state index in [1.165, 1.54) is 35.6 Å². The molecule has 4 rings (SSSR count). The highest BCUT2D eigenvalue weighted by atomic mass is 32.1. The molecular weight excluding hydrogens is 434 g/mol. The molecular formula is C22H25N3O6S. The maximum Gasteiger partial charge on any atom is 0.269 e. The molecule has 0 spiro atoms. The van der Waals surface area contributed by atoms with Crippen molar-refractivity contribution in [3.8, 4) is 5.75 Å². The second-order valence-electron chi connectivity index (χ2n) is 7.85. The van der Waals surface area contributed by atoms with Gasteiger partial charge in [0.05, 0.1) is 16.6 Å². The number of ether oxygens (including phenoxy) is 2. The third kappa shape index (κ3) is 5.25. The van der Waals surface area contributed by atoms with Crippen molar-refractivity contribution in [2.24, 2.45) is 0 Å². The van der Waals surface area contributed by atoms with Gasteiger partial charge < -0.3 is 20.1 Å². The molecule has 9 nitrogen and oxygen atoms in total. The molecule has 170 valence electrons. The van der Waals surface area contributed by atoms with Crippen molar-refractivity contribution in [1.82, 2.24) is 5.32 Å². The van der Waals surface area contributed by atoms with Gasteiger partial charge in [-0.1, -0.05) is 0 Å². The van der Waals surface area contributed by atoms with Gasteiger partial charge in [-0.3, -0.25) is 19.7 Å². The van der Waals surface area contributed by atoms with Crippen LogP contribution < -0.4 is 15.4 Å². The number of hydrogen-bond acceptors (Lipinski definition) is 7. The number of carbonyl (C=O) groups excluding carboxylic acids is 2. The molecule has 1 aromatic carbocycles. The van der Waals surface area contributed by atoms with Gasteiger partial charge in [0.2, 0.25) is 0 Å². The van der Waals surface area contributed by atoms with Gasteiger partial charge >= 0.3 is 0 Å². The van der Waals surface area contributed by atoms with E-state index in [-0.39, 0.29) is 24.3 Å². The molecule has 1 atom stereocenters. The van der Waals surface area contributed by atoms with E-state index in [0.29, 0.717) is 22.9 Å². The minimum absolute atomic E-state index is 0.0431. The van der Waals surface area contributed by atoms with Crippen LogP contribution in [0.25, 0.3) is 0 Å². The molecule has 0 saturated carbocycles. The van der Waals surface area contributed by atoms with E-state index in [4.69, 9.17) is 9.47 Å². The van der Waals surface area contributed by atoms with E-state index in [0.717, 1.165) is 55.6 Å². The lowest BCUT2D eigenvalue weighted by Gasteiger charge is -2.15. The quantitative estimate of drug-likeness (QED) is 0.461. The lowest BCUT2D eigenvalue weighted by molar-refractivity contribution is -0.384. The van der Waals surface area contributed by atoms with Crippen LogP contribution in [0.2, 0.25) is 0 Å². The second-order valence-corrected chi connectivity index (χ2v) is 8.95. The van der Waals surface area contributed by atoms with Gasteiger partial charge in [-0.15, -0.1) is 11.3 Å². The van der Waals surface area contributed by atoms with E-state index < -0.39 is 10.8 Å². The number of nitrogens with zero attached hydrogens (tertiary/aromatic N) is 1. The van der Waals surface area contributed by atoms with Gasteiger partial charge in [-0.25, -0.2) is 0 Å². The van der Waals surface area contributed by atoms with Crippen LogP contribution in [0.1, 0.15) is 46.5 Å². The smallest absolute Gasteiger partial charge is 0.269 e. The Kier molecular flexibility index (Phi) is 7.01. The Balaban J connectivity index is 1.41. The molecule has 1 unspecified atom stereocenters. The Hall–Kier alpha value is -2.98. The van der Waals surface area contributed by atoms with Crippen molar-refractivity contribution in [2.45, 2.75) is 44.6 Å². The molecule has 32 heavy (non-hydrogen) atoms. The highest BCUT2D eigenvalue weighted by Gasteiger charge is 2.27. The lowest BCUT2D eigenvalue weighted by atomic mass is 9.95. The molecule has 1 fully saturated rings. The van der Waals surface area contributed by atoms with Crippen LogP contribution in [-0.4, -0.2) is 42.6 Å². The molecule has 1 aromatic heterocycles. The SMILES string of the molecule is O=C(COc1ccc([N+](=O)[O-])cc1)Nc1sc2c(c1C(=O)NCC1CCCO1)CCCC2. The molecule has 1 saturated heterocycles. The predicted molar refractivity (Wildman–Crippen MR) is 119 cm³/mol. The number of nitrogens with one attached hydrogen (secondary N) is 2. The van der Waals surface area contributed by atoms with Gasteiger partial charge in [0.1, 0.15) is 10.8 Å². The second kappa shape index (κ2) is 10.1. The fourth-order valence-electron chi connectivity index (χ4n) is 3.97. The number of rotatable bonds is 8. The van der Waals surface area contributed by atoms with E-state index in [2.05, 4.69) is 10.6 Å². The van der Waals surface area contributed by atoms with Gasteiger partial charge in [-0.05, 0) is 56.2 Å². The number of anilines is 1. The summed E-state index contributed by atoms with van der Waals surface area (Å²) in [6.45, 7) is 0.919. The van der Waals surface area contributed by atoms with Gasteiger partial charge in [0.15, 0.2) is 6.61 Å². The Bertz CT molecular complexity index is 998. The summed E-state index contributed by atoms with van der Waals surface area (Å²) in [4.78, 5) is 36.9. The Labute approximate surface area is 189 Å². The largest absolute Gasteiger partial charge is 0.484 e. The number of fused-ring (bicyclic) bond motifs is 1. The third-order valence-corrected chi connectivity index (χ3v) is 6.79. The van der Waals surface area contributed by atoms with E-state index >= 15 is 0 Å². The maximum absolute atomic E-state index is 13.0. The molecule has 2 aromatic rings. The maximum atomic E-state index is 13.0. The Morgan fingerprint density at radius 3 is 2.69 bits per heavy atom. The summed E-state index contributed by atoms with van der Waals surface area (Å²) in [5.41, 5.74) is 1.52. The number of carbonyl (C=O) groups is 2. The summed E-state index contributed by atoms with van der Waals surface area (Å²) in [5.74, 6) is -0.229. The average Bonchev–Trinajstić information content (AvgIpc) is 3.44. The van der Waals surface area contributed by atoms with Crippen molar-refractivity contribution < 1.29 is 24.0 Å². The summed E-state index contributed by atoms with van der Waals surface area (Å²) in [6.07, 6.45) is 5.80. The fourth-order valence-corrected chi connectivity index (χ4v) is 5.27. The third-order valence-electron chi connectivity index (χ3n) is 5.58. The molecule has 10 heteroatoms. The minimum atomic E-state index is -0.500. The molecule has 2 amide bonds. The topological polar surface area (TPSA) is 120 Å².